The van der Waals surface area contributed by atoms with E-state index in [1.165, 1.54) is 0 Å². The van der Waals surface area contributed by atoms with E-state index in [1.54, 1.807) is 0 Å². The number of fused-ring (bicyclic) bond motifs is 3. The molecule has 0 saturated carbocycles. The molecule has 0 radical (unpaired) electrons. The van der Waals surface area contributed by atoms with Crippen molar-refractivity contribution < 1.29 is 0 Å². The molecule has 3 heterocycles. The van der Waals surface area contributed by atoms with Crippen LogP contribution in [0.1, 0.15) is 11.1 Å². The van der Waals surface area contributed by atoms with E-state index < -0.39 is 0 Å². The lowest BCUT2D eigenvalue weighted by Crippen LogP contribution is -2.05. The first-order valence-electron chi connectivity index (χ1n) is 23.1. The van der Waals surface area contributed by atoms with E-state index in [1.807, 2.05) is 176 Å². The van der Waals surface area contributed by atoms with Crippen LogP contribution in [0.25, 0.3) is 118 Å². The molecule has 330 valence electrons. The molecule has 0 N–H and O–H groups in total. The summed E-state index contributed by atoms with van der Waals surface area (Å²) >= 11 is 0. The van der Waals surface area contributed by atoms with Crippen LogP contribution in [0, 0.1) is 22.7 Å². The molecular formula is C62H37N9. The number of hydrogen-bond acceptors (Lipinski definition) is 8. The smallest absolute Gasteiger partial charge is 0.166 e. The molecule has 0 aliphatic rings. The van der Waals surface area contributed by atoms with Gasteiger partial charge in [0, 0.05) is 44.2 Å². The maximum Gasteiger partial charge on any atom is 0.166 e. The number of nitriles is 2. The maximum atomic E-state index is 10.2. The fourth-order valence-corrected chi connectivity index (χ4v) is 9.20. The fraction of sp³-hybridized carbons (Fsp3) is 0. The van der Waals surface area contributed by atoms with Crippen LogP contribution >= 0.6 is 0 Å². The molecular weight excluding hydrogens is 871 g/mol. The van der Waals surface area contributed by atoms with Crippen molar-refractivity contribution >= 4 is 21.8 Å². The highest BCUT2D eigenvalue weighted by Crippen LogP contribution is 2.41. The van der Waals surface area contributed by atoms with Crippen LogP contribution in [0.4, 0.5) is 0 Å². The zero-order valence-corrected chi connectivity index (χ0v) is 37.9. The van der Waals surface area contributed by atoms with Crippen molar-refractivity contribution in [1.82, 2.24) is 34.5 Å². The molecule has 0 fully saturated rings. The number of benzene rings is 9. The number of aromatic nitrogens is 7. The largest absolute Gasteiger partial charge is 0.308 e. The molecule has 12 aromatic rings. The van der Waals surface area contributed by atoms with Gasteiger partial charge in [0.2, 0.25) is 0 Å². The summed E-state index contributed by atoms with van der Waals surface area (Å²) in [6.07, 6.45) is 0. The van der Waals surface area contributed by atoms with E-state index in [-0.39, 0.29) is 0 Å². The Morgan fingerprint density at radius 3 is 1.01 bits per heavy atom. The predicted octanol–water partition coefficient (Wildman–Crippen LogP) is 14.2. The molecule has 9 nitrogen and oxygen atoms in total. The molecule has 9 aromatic carbocycles. The average molecular weight is 908 g/mol. The van der Waals surface area contributed by atoms with Crippen LogP contribution in [0.5, 0.6) is 0 Å². The fourth-order valence-electron chi connectivity index (χ4n) is 9.20. The molecule has 0 bridgehead atoms. The first-order valence-corrected chi connectivity index (χ1v) is 23.1. The third-order valence-corrected chi connectivity index (χ3v) is 12.6. The van der Waals surface area contributed by atoms with Gasteiger partial charge in [-0.25, -0.2) is 29.9 Å². The van der Waals surface area contributed by atoms with E-state index >= 15 is 0 Å². The predicted molar refractivity (Wildman–Crippen MR) is 280 cm³/mol. The molecule has 71 heavy (non-hydrogen) atoms. The molecule has 0 aliphatic carbocycles. The van der Waals surface area contributed by atoms with Gasteiger partial charge in [-0.15, -0.1) is 0 Å². The standard InChI is InChI=1S/C62H37N9/c63-38-47-25-13-15-27-49(47)44-29-32-54-51(35-44)52-36-45(50-28-16-14-26-48(50)39-64)30-33-55(52)71(54)56-34-31-46(61-67-57(40-17-5-1-6-18-40)65-58(68-61)41-19-7-2-8-20-41)37-53(56)62-69-59(42-21-9-3-10-22-42)66-60(70-62)43-23-11-4-12-24-43/h1-37H. The molecule has 0 amide bonds. The van der Waals surface area contributed by atoms with Crippen molar-refractivity contribution in [2.75, 3.05) is 0 Å². The summed E-state index contributed by atoms with van der Waals surface area (Å²) in [5.74, 6) is 3.06. The van der Waals surface area contributed by atoms with E-state index in [2.05, 4.69) is 65.2 Å². The monoisotopic (exact) mass is 907 g/mol. The Morgan fingerprint density at radius 2 is 0.620 bits per heavy atom. The Kier molecular flexibility index (Phi) is 10.8. The van der Waals surface area contributed by atoms with Gasteiger partial charge < -0.3 is 4.57 Å². The van der Waals surface area contributed by atoms with E-state index in [9.17, 15) is 10.5 Å². The van der Waals surface area contributed by atoms with E-state index in [0.29, 0.717) is 51.6 Å². The highest BCUT2D eigenvalue weighted by atomic mass is 15.1. The van der Waals surface area contributed by atoms with Gasteiger partial charge in [0.25, 0.3) is 0 Å². The maximum absolute atomic E-state index is 10.2. The average Bonchev–Trinajstić information content (AvgIpc) is 3.78. The van der Waals surface area contributed by atoms with E-state index in [0.717, 1.165) is 77.6 Å². The first kappa shape index (κ1) is 42.2. The minimum atomic E-state index is 0.448. The Morgan fingerprint density at radius 1 is 0.282 bits per heavy atom. The lowest BCUT2D eigenvalue weighted by molar-refractivity contribution is 1.06. The SMILES string of the molecule is N#Cc1ccccc1-c1ccc2c(c1)c1cc(-c3ccccc3C#N)ccc1n2-c1ccc(-c2nc(-c3ccccc3)nc(-c3ccccc3)n2)cc1-c1nc(-c2ccccc2)nc(-c2ccccc2)n1. The molecule has 3 aromatic heterocycles. The summed E-state index contributed by atoms with van der Waals surface area (Å²) in [5, 5.41) is 22.3. The van der Waals surface area contributed by atoms with Gasteiger partial charge in [0.15, 0.2) is 34.9 Å². The van der Waals surface area contributed by atoms with Gasteiger partial charge >= 0.3 is 0 Å². The van der Waals surface area contributed by atoms with Crippen molar-refractivity contribution in [2.24, 2.45) is 0 Å². The second kappa shape index (κ2) is 18.1. The van der Waals surface area contributed by atoms with Crippen LogP contribution in [0.15, 0.2) is 224 Å². The zero-order valence-electron chi connectivity index (χ0n) is 37.9. The summed E-state index contributed by atoms with van der Waals surface area (Å²) in [7, 11) is 0. The summed E-state index contributed by atoms with van der Waals surface area (Å²) < 4.78 is 2.25. The van der Waals surface area contributed by atoms with Gasteiger partial charge in [-0.1, -0.05) is 170 Å². The van der Waals surface area contributed by atoms with Crippen molar-refractivity contribution in [1.29, 1.82) is 10.5 Å². The number of rotatable bonds is 9. The highest BCUT2D eigenvalue weighted by Gasteiger charge is 2.23. The van der Waals surface area contributed by atoms with Gasteiger partial charge in [-0.3, -0.25) is 0 Å². The lowest BCUT2D eigenvalue weighted by atomic mass is 9.96. The van der Waals surface area contributed by atoms with Crippen molar-refractivity contribution in [3.8, 4) is 108 Å². The topological polar surface area (TPSA) is 130 Å². The van der Waals surface area contributed by atoms with E-state index in [4.69, 9.17) is 29.9 Å². The quantitative estimate of drug-likeness (QED) is 0.140. The molecule has 9 heteroatoms. The van der Waals surface area contributed by atoms with Crippen molar-refractivity contribution in [3.05, 3.63) is 236 Å². The first-order chi connectivity index (χ1) is 35.1. The zero-order chi connectivity index (χ0) is 47.7. The highest BCUT2D eigenvalue weighted by molar-refractivity contribution is 6.12. The van der Waals surface area contributed by atoms with Crippen LogP contribution < -0.4 is 0 Å². The molecule has 0 aliphatic heterocycles. The van der Waals surface area contributed by atoms with Gasteiger partial charge in [-0.05, 0) is 76.9 Å². The van der Waals surface area contributed by atoms with Crippen LogP contribution in [0.2, 0.25) is 0 Å². The molecule has 12 rings (SSSR count). The molecule has 0 unspecified atom stereocenters. The van der Waals surface area contributed by atoms with Crippen LogP contribution in [-0.4, -0.2) is 34.5 Å². The Hall–Kier alpha value is -10.2. The third kappa shape index (κ3) is 7.92. The van der Waals surface area contributed by atoms with Crippen LogP contribution in [-0.2, 0) is 0 Å². The Bertz CT molecular complexity index is 3830. The van der Waals surface area contributed by atoms with Crippen molar-refractivity contribution in [2.45, 2.75) is 0 Å². The lowest BCUT2D eigenvalue weighted by Gasteiger charge is -2.16. The summed E-state index contributed by atoms with van der Waals surface area (Å²) in [6, 6.07) is 78.7. The van der Waals surface area contributed by atoms with Gasteiger partial charge in [0.1, 0.15) is 0 Å². The van der Waals surface area contributed by atoms with Gasteiger partial charge in [-0.2, -0.15) is 10.5 Å². The molecule has 0 atom stereocenters. The van der Waals surface area contributed by atoms with Crippen LogP contribution in [0.3, 0.4) is 0 Å². The minimum Gasteiger partial charge on any atom is -0.308 e. The van der Waals surface area contributed by atoms with Crippen molar-refractivity contribution in [3.63, 3.8) is 0 Å². The second-order valence-corrected chi connectivity index (χ2v) is 16.9. The Labute approximate surface area is 409 Å². The molecule has 0 spiro atoms. The third-order valence-electron chi connectivity index (χ3n) is 12.6. The van der Waals surface area contributed by atoms with Gasteiger partial charge in [0.05, 0.1) is 40.0 Å². The number of nitrogens with zero attached hydrogens (tertiary/aromatic N) is 9. The Balaban J connectivity index is 1.16. The molecule has 0 saturated heterocycles. The normalized spacial score (nSPS) is 11.1. The minimum absolute atomic E-state index is 0.448. The summed E-state index contributed by atoms with van der Waals surface area (Å²) in [6.45, 7) is 0. The number of hydrogen-bond donors (Lipinski definition) is 0. The summed E-state index contributed by atoms with van der Waals surface area (Å²) in [5.41, 5.74) is 12.1. The second-order valence-electron chi connectivity index (χ2n) is 16.9. The summed E-state index contributed by atoms with van der Waals surface area (Å²) in [4.78, 5) is 30.9.